The van der Waals surface area contributed by atoms with Crippen molar-refractivity contribution < 1.29 is 58.6 Å². The number of carbonyl (C=O) groups excluding carboxylic acids is 2. The van der Waals surface area contributed by atoms with Crippen LogP contribution in [0.5, 0.6) is 17.2 Å². The van der Waals surface area contributed by atoms with Crippen LogP contribution in [0.15, 0.2) is 71.1 Å². The number of carbonyl (C=O) groups is 4. The van der Waals surface area contributed by atoms with Gasteiger partial charge in [-0.3, -0.25) is 4.98 Å². The molecule has 0 fully saturated rings. The number of benzene rings is 2. The monoisotopic (exact) mass is 720 g/mol. The van der Waals surface area contributed by atoms with Crippen molar-refractivity contribution in [3.8, 4) is 17.2 Å². The van der Waals surface area contributed by atoms with E-state index in [0.717, 1.165) is 22.6 Å². The lowest BCUT2D eigenvalue weighted by molar-refractivity contribution is -0.137. The number of hydrogen-bond acceptors (Lipinski definition) is 12. The smallest absolute Gasteiger partial charge is 0.342 e. The first-order valence-corrected chi connectivity index (χ1v) is 16.1. The summed E-state index contributed by atoms with van der Waals surface area (Å²) in [5, 5.41) is 39.5. The van der Waals surface area contributed by atoms with Gasteiger partial charge in [0.1, 0.15) is 28.4 Å². The normalized spacial score (nSPS) is 15.3. The van der Waals surface area contributed by atoms with E-state index in [1.54, 1.807) is 46.9 Å². The van der Waals surface area contributed by atoms with E-state index in [4.69, 9.17) is 18.9 Å². The highest BCUT2D eigenvalue weighted by atomic mass is 16.5. The average molecular weight is 721 g/mol. The van der Waals surface area contributed by atoms with Crippen molar-refractivity contribution >= 4 is 23.9 Å². The molecule has 52 heavy (non-hydrogen) atoms. The van der Waals surface area contributed by atoms with E-state index in [9.17, 15) is 39.6 Å². The number of carboxylic acid groups (broad SMARTS) is 2. The molecule has 0 spiro atoms. The van der Waals surface area contributed by atoms with Crippen LogP contribution < -0.4 is 9.47 Å². The Morgan fingerprint density at radius 1 is 0.731 bits per heavy atom. The van der Waals surface area contributed by atoms with E-state index in [2.05, 4.69) is 4.98 Å². The number of likely N-dealkylation sites (N-methyl/N-ethyl adjacent to an activating group) is 1. The van der Waals surface area contributed by atoms with Gasteiger partial charge in [0, 0.05) is 7.05 Å². The van der Waals surface area contributed by atoms with Crippen LogP contribution in [0.2, 0.25) is 0 Å². The third kappa shape index (κ3) is 8.63. The molecule has 1 aromatic heterocycles. The molecule has 0 bridgehead atoms. The molecule has 0 amide bonds. The zero-order valence-electron chi connectivity index (χ0n) is 30.4. The van der Waals surface area contributed by atoms with Crippen molar-refractivity contribution in [3.05, 3.63) is 105 Å². The summed E-state index contributed by atoms with van der Waals surface area (Å²) in [5.74, 6) is -3.82. The molecule has 14 nitrogen and oxygen atoms in total. The van der Waals surface area contributed by atoms with Crippen LogP contribution >= 0.6 is 0 Å². The van der Waals surface area contributed by atoms with Crippen LogP contribution in [0.3, 0.4) is 0 Å². The molecule has 278 valence electrons. The minimum absolute atomic E-state index is 0.0732. The molecule has 0 saturated heterocycles. The van der Waals surface area contributed by atoms with Crippen LogP contribution in [0.4, 0.5) is 0 Å². The molecule has 1 atom stereocenters. The highest BCUT2D eigenvalue weighted by Crippen LogP contribution is 2.40. The zero-order valence-corrected chi connectivity index (χ0v) is 30.4. The van der Waals surface area contributed by atoms with E-state index in [-0.39, 0.29) is 28.1 Å². The maximum absolute atomic E-state index is 12.2. The Hall–Kier alpha value is -6.05. The molecule has 0 saturated carbocycles. The van der Waals surface area contributed by atoms with Gasteiger partial charge in [-0.25, -0.2) is 19.2 Å². The number of ether oxygens (including phenoxy) is 4. The van der Waals surface area contributed by atoms with Gasteiger partial charge < -0.3 is 44.3 Å². The quantitative estimate of drug-likeness (QED) is 0.181. The molecule has 4 N–H and O–H groups in total. The molecule has 0 aliphatic carbocycles. The van der Waals surface area contributed by atoms with Crippen LogP contribution in [-0.2, 0) is 38.3 Å². The van der Waals surface area contributed by atoms with Gasteiger partial charge in [0.15, 0.2) is 5.75 Å². The van der Waals surface area contributed by atoms with Crippen molar-refractivity contribution in [1.82, 2.24) is 9.88 Å². The third-order valence-corrected chi connectivity index (χ3v) is 9.11. The maximum Gasteiger partial charge on any atom is 0.342 e. The van der Waals surface area contributed by atoms with Crippen molar-refractivity contribution in [2.24, 2.45) is 0 Å². The number of carboxylic acids is 2. The lowest BCUT2D eigenvalue weighted by atomic mass is 9.78. The SMILES string of the molecule is COC(=O)c1c(CCc2ccc(OC)cc2)nc(C)c(O)c1C(=O)OC.COc1ccc(CCC2(C)C(C(=O)O)=C(C(=O)O)C(O)=C(C)N2C)cc1. The Balaban J connectivity index is 0.000000280. The topological polar surface area (TPSA) is 202 Å². The lowest BCUT2D eigenvalue weighted by Gasteiger charge is -2.45. The van der Waals surface area contributed by atoms with E-state index in [1.807, 2.05) is 48.5 Å². The van der Waals surface area contributed by atoms with Gasteiger partial charge >= 0.3 is 23.9 Å². The Bertz CT molecular complexity index is 1880. The summed E-state index contributed by atoms with van der Waals surface area (Å²) < 4.78 is 19.7. The number of aliphatic hydroxyl groups is 1. The first-order chi connectivity index (χ1) is 24.6. The number of aromatic hydroxyl groups is 1. The fourth-order valence-electron chi connectivity index (χ4n) is 5.90. The highest BCUT2D eigenvalue weighted by Gasteiger charge is 2.46. The Labute approximate surface area is 301 Å². The molecule has 3 aromatic rings. The largest absolute Gasteiger partial charge is 0.505 e. The zero-order chi connectivity index (χ0) is 38.9. The summed E-state index contributed by atoms with van der Waals surface area (Å²) in [4.78, 5) is 53.7. The van der Waals surface area contributed by atoms with Crippen molar-refractivity contribution in [1.29, 1.82) is 0 Å². The predicted octanol–water partition coefficient (Wildman–Crippen LogP) is 5.05. The second-order valence-electron chi connectivity index (χ2n) is 12.0. The number of esters is 2. The summed E-state index contributed by atoms with van der Waals surface area (Å²) >= 11 is 0. The van der Waals surface area contributed by atoms with Crippen LogP contribution in [-0.4, -0.2) is 95.2 Å². The minimum atomic E-state index is -1.46. The Morgan fingerprint density at radius 2 is 1.21 bits per heavy atom. The fourth-order valence-corrected chi connectivity index (χ4v) is 5.90. The van der Waals surface area contributed by atoms with Crippen LogP contribution in [0.1, 0.15) is 63.5 Å². The van der Waals surface area contributed by atoms with Gasteiger partial charge in [0.05, 0.1) is 62.2 Å². The molecule has 1 aliphatic heterocycles. The summed E-state index contributed by atoms with van der Waals surface area (Å²) in [6.45, 7) is 4.81. The van der Waals surface area contributed by atoms with E-state index < -0.39 is 40.7 Å². The number of aryl methyl sites for hydroxylation is 4. The molecule has 1 aliphatic rings. The van der Waals surface area contributed by atoms with Crippen molar-refractivity contribution in [2.75, 3.05) is 35.5 Å². The van der Waals surface area contributed by atoms with Crippen LogP contribution in [0.25, 0.3) is 0 Å². The molecule has 2 heterocycles. The Kier molecular flexibility index (Phi) is 13.4. The number of allylic oxidation sites excluding steroid dienone is 1. The van der Waals surface area contributed by atoms with Crippen molar-refractivity contribution in [2.45, 2.75) is 52.0 Å². The number of aromatic nitrogens is 1. The molecule has 4 rings (SSSR count). The lowest BCUT2D eigenvalue weighted by Crippen LogP contribution is -2.51. The number of aliphatic carboxylic acids is 2. The number of hydrogen-bond donors (Lipinski definition) is 4. The number of rotatable bonds is 12. The molecular formula is C38H44N2O12. The molecule has 1 unspecified atom stereocenters. The number of nitrogens with zero attached hydrogens (tertiary/aromatic N) is 2. The van der Waals surface area contributed by atoms with Gasteiger partial charge in [-0.05, 0) is 81.8 Å². The number of pyridine rings is 1. The summed E-state index contributed by atoms with van der Waals surface area (Å²) in [6, 6.07) is 14.9. The Morgan fingerprint density at radius 3 is 1.65 bits per heavy atom. The second kappa shape index (κ2) is 17.2. The summed E-state index contributed by atoms with van der Waals surface area (Å²) in [5.41, 5.74) is 0.653. The van der Waals surface area contributed by atoms with Gasteiger partial charge in [0.2, 0.25) is 0 Å². The molecule has 14 heteroatoms. The van der Waals surface area contributed by atoms with Gasteiger partial charge in [-0.1, -0.05) is 24.3 Å². The molecular weight excluding hydrogens is 676 g/mol. The van der Waals surface area contributed by atoms with E-state index in [1.165, 1.54) is 14.2 Å². The first kappa shape index (κ1) is 40.4. The third-order valence-electron chi connectivity index (χ3n) is 9.11. The minimum Gasteiger partial charge on any atom is -0.505 e. The van der Waals surface area contributed by atoms with Gasteiger partial charge in [-0.2, -0.15) is 0 Å². The first-order valence-electron chi connectivity index (χ1n) is 16.1. The predicted molar refractivity (Wildman–Crippen MR) is 189 cm³/mol. The standard InChI is InChI=1S/C19H21NO6.C19H23NO6/c1-11-17(21)16(19(23)26-4)15(18(22)25-3)14(20-11)10-7-12-5-8-13(24-2)9-6-12;1-11-16(21)14(17(22)23)15(18(24)25)19(2,20(11)3)10-9-12-5-7-13(26-4)8-6-12/h5-6,8-9,21H,7,10H2,1-4H3;5-8,21H,9-10H2,1-4H3,(H,22,23)(H,24,25). The van der Waals surface area contributed by atoms with Crippen molar-refractivity contribution in [3.63, 3.8) is 0 Å². The van der Waals surface area contributed by atoms with Crippen LogP contribution in [0, 0.1) is 6.92 Å². The van der Waals surface area contributed by atoms with E-state index in [0.29, 0.717) is 37.1 Å². The maximum atomic E-state index is 12.2. The number of methoxy groups -OCH3 is 4. The summed E-state index contributed by atoms with van der Waals surface area (Å²) in [6.07, 6.45) is 1.84. The summed E-state index contributed by atoms with van der Waals surface area (Å²) in [7, 11) is 7.20. The van der Waals surface area contributed by atoms with E-state index >= 15 is 0 Å². The highest BCUT2D eigenvalue weighted by molar-refractivity contribution is 6.06. The number of aliphatic hydroxyl groups excluding tert-OH is 1. The molecule has 2 aromatic carbocycles. The fraction of sp³-hybridized carbons (Fsp3) is 0.342. The average Bonchev–Trinajstić information content (AvgIpc) is 3.14. The van der Waals surface area contributed by atoms with Gasteiger partial charge in [-0.15, -0.1) is 0 Å². The molecule has 0 radical (unpaired) electrons. The van der Waals surface area contributed by atoms with Gasteiger partial charge in [0.25, 0.3) is 0 Å². The second-order valence-corrected chi connectivity index (χ2v) is 12.0.